The first-order chi connectivity index (χ1) is 9.97. The first kappa shape index (κ1) is 15.3. The minimum Gasteiger partial charge on any atom is -0.399 e. The maximum absolute atomic E-state index is 12.3. The van der Waals surface area contributed by atoms with Gasteiger partial charge >= 0.3 is 0 Å². The third-order valence-electron chi connectivity index (χ3n) is 3.04. The van der Waals surface area contributed by atoms with Crippen LogP contribution in [0.15, 0.2) is 23.6 Å². The molecule has 5 nitrogen and oxygen atoms in total. The number of carbonyl (C=O) groups is 1. The van der Waals surface area contributed by atoms with Gasteiger partial charge in [-0.25, -0.2) is 4.98 Å². The quantitative estimate of drug-likeness (QED) is 0.830. The lowest BCUT2D eigenvalue weighted by molar-refractivity contribution is 0.0954. The van der Waals surface area contributed by atoms with Gasteiger partial charge in [0.25, 0.3) is 5.91 Å². The first-order valence-electron chi connectivity index (χ1n) is 6.73. The predicted octanol–water partition coefficient (Wildman–Crippen LogP) is 2.07. The molecule has 0 radical (unpaired) electrons. The van der Waals surface area contributed by atoms with Gasteiger partial charge in [-0.3, -0.25) is 4.79 Å². The molecule has 1 amide bonds. The number of rotatable bonds is 5. The van der Waals surface area contributed by atoms with Gasteiger partial charge in [0.1, 0.15) is 0 Å². The summed E-state index contributed by atoms with van der Waals surface area (Å²) >= 11 is 1.62. The molecule has 1 aromatic carbocycles. The van der Waals surface area contributed by atoms with Gasteiger partial charge in [0.2, 0.25) is 0 Å². The van der Waals surface area contributed by atoms with Crippen molar-refractivity contribution < 1.29 is 4.79 Å². The number of thiazole rings is 1. The van der Waals surface area contributed by atoms with Gasteiger partial charge in [0.05, 0.1) is 10.6 Å². The van der Waals surface area contributed by atoms with E-state index in [1.54, 1.807) is 23.5 Å². The Hall–Kier alpha value is -2.08. The summed E-state index contributed by atoms with van der Waals surface area (Å²) in [6.07, 6.45) is 0.740. The van der Waals surface area contributed by atoms with E-state index in [1.165, 1.54) is 0 Å². The molecule has 0 bridgehead atoms. The lowest BCUT2D eigenvalue weighted by Gasteiger charge is -2.17. The van der Waals surface area contributed by atoms with Crippen molar-refractivity contribution in [2.24, 2.45) is 0 Å². The highest BCUT2D eigenvalue weighted by Crippen LogP contribution is 2.21. The van der Waals surface area contributed by atoms with Gasteiger partial charge in [-0.2, -0.15) is 0 Å². The summed E-state index contributed by atoms with van der Waals surface area (Å²) in [5.74, 6) is -0.112. The number of benzene rings is 1. The Kier molecular flexibility index (Phi) is 4.80. The second-order valence-corrected chi connectivity index (χ2v) is 6.00. The number of hydrogen-bond acceptors (Lipinski definition) is 5. The molecular formula is C15H20N4OS. The molecule has 0 aliphatic rings. The normalized spacial score (nSPS) is 10.4. The molecular weight excluding hydrogens is 284 g/mol. The highest BCUT2D eigenvalue weighted by Gasteiger charge is 2.13. The summed E-state index contributed by atoms with van der Waals surface area (Å²) in [7, 11) is 3.81. The molecule has 0 aliphatic heterocycles. The van der Waals surface area contributed by atoms with Crippen molar-refractivity contribution in [1.82, 2.24) is 10.3 Å². The summed E-state index contributed by atoms with van der Waals surface area (Å²) in [6, 6.07) is 5.36. The Balaban J connectivity index is 2.01. The molecule has 3 N–H and O–H groups in total. The predicted molar refractivity (Wildman–Crippen MR) is 88.1 cm³/mol. The third-order valence-corrected chi connectivity index (χ3v) is 4.06. The number of anilines is 2. The van der Waals surface area contributed by atoms with Crippen molar-refractivity contribution in [2.75, 3.05) is 31.3 Å². The van der Waals surface area contributed by atoms with E-state index in [4.69, 9.17) is 5.73 Å². The van der Waals surface area contributed by atoms with Gasteiger partial charge in [0.15, 0.2) is 0 Å². The maximum Gasteiger partial charge on any atom is 0.253 e. The Morgan fingerprint density at radius 1 is 1.43 bits per heavy atom. The highest BCUT2D eigenvalue weighted by molar-refractivity contribution is 7.09. The van der Waals surface area contributed by atoms with Crippen LogP contribution in [0.1, 0.15) is 21.1 Å². The monoisotopic (exact) mass is 304 g/mol. The zero-order chi connectivity index (χ0) is 15.4. The maximum atomic E-state index is 12.3. The molecule has 2 aromatic rings. The van der Waals surface area contributed by atoms with Crippen LogP contribution in [0.2, 0.25) is 0 Å². The van der Waals surface area contributed by atoms with Crippen LogP contribution < -0.4 is 16.0 Å². The Labute approximate surface area is 128 Å². The standard InChI is InChI=1S/C15H20N4OS/c1-10-9-21-14(18-10)6-7-17-15(20)12-8-11(16)4-5-13(12)19(2)3/h4-5,8-9H,6-7,16H2,1-3H3,(H,17,20). The molecule has 2 rings (SSSR count). The van der Waals surface area contributed by atoms with Crippen LogP contribution >= 0.6 is 11.3 Å². The zero-order valence-electron chi connectivity index (χ0n) is 12.5. The molecule has 0 fully saturated rings. The molecule has 112 valence electrons. The number of nitrogens with zero attached hydrogens (tertiary/aromatic N) is 2. The number of amides is 1. The van der Waals surface area contributed by atoms with E-state index in [1.807, 2.05) is 37.4 Å². The van der Waals surface area contributed by atoms with Crippen molar-refractivity contribution in [2.45, 2.75) is 13.3 Å². The minimum atomic E-state index is -0.112. The van der Waals surface area contributed by atoms with Crippen LogP contribution in [0.25, 0.3) is 0 Å². The Morgan fingerprint density at radius 2 is 2.19 bits per heavy atom. The van der Waals surface area contributed by atoms with E-state index in [2.05, 4.69) is 10.3 Å². The van der Waals surface area contributed by atoms with Crippen LogP contribution in [-0.2, 0) is 6.42 Å². The Morgan fingerprint density at radius 3 is 2.81 bits per heavy atom. The second kappa shape index (κ2) is 6.58. The van der Waals surface area contributed by atoms with Crippen molar-refractivity contribution in [3.8, 4) is 0 Å². The lowest BCUT2D eigenvalue weighted by atomic mass is 10.1. The van der Waals surface area contributed by atoms with E-state index in [-0.39, 0.29) is 5.91 Å². The summed E-state index contributed by atoms with van der Waals surface area (Å²) in [4.78, 5) is 18.6. The van der Waals surface area contributed by atoms with Crippen LogP contribution in [0.3, 0.4) is 0 Å². The molecule has 0 saturated heterocycles. The Bertz CT molecular complexity index is 636. The fraction of sp³-hybridized carbons (Fsp3) is 0.333. The lowest BCUT2D eigenvalue weighted by Crippen LogP contribution is -2.27. The molecule has 1 heterocycles. The molecule has 0 aliphatic carbocycles. The number of aromatic nitrogens is 1. The van der Waals surface area contributed by atoms with E-state index in [0.29, 0.717) is 17.8 Å². The average molecular weight is 304 g/mol. The first-order valence-corrected chi connectivity index (χ1v) is 7.61. The van der Waals surface area contributed by atoms with Crippen molar-refractivity contribution >= 4 is 28.6 Å². The van der Waals surface area contributed by atoms with Crippen molar-refractivity contribution in [3.63, 3.8) is 0 Å². The number of nitrogen functional groups attached to an aromatic ring is 1. The number of carbonyl (C=O) groups excluding carboxylic acids is 1. The number of nitrogens with two attached hydrogens (primary N) is 1. The summed E-state index contributed by atoms with van der Waals surface area (Å²) in [5, 5.41) is 5.97. The summed E-state index contributed by atoms with van der Waals surface area (Å²) in [5.41, 5.74) is 8.83. The van der Waals surface area contributed by atoms with E-state index in [9.17, 15) is 4.79 Å². The highest BCUT2D eigenvalue weighted by atomic mass is 32.1. The number of nitrogens with one attached hydrogen (secondary N) is 1. The molecule has 1 aromatic heterocycles. The third kappa shape index (κ3) is 3.95. The fourth-order valence-corrected chi connectivity index (χ4v) is 2.80. The topological polar surface area (TPSA) is 71.2 Å². The minimum absolute atomic E-state index is 0.112. The number of aryl methyl sites for hydroxylation is 1. The molecule has 0 saturated carbocycles. The second-order valence-electron chi connectivity index (χ2n) is 5.06. The van der Waals surface area contributed by atoms with Gasteiger partial charge in [-0.1, -0.05) is 0 Å². The van der Waals surface area contributed by atoms with E-state index < -0.39 is 0 Å². The molecule has 0 spiro atoms. The average Bonchev–Trinajstić information content (AvgIpc) is 2.84. The van der Waals surface area contributed by atoms with Gasteiger partial charge in [-0.15, -0.1) is 11.3 Å². The molecule has 21 heavy (non-hydrogen) atoms. The smallest absolute Gasteiger partial charge is 0.253 e. The van der Waals surface area contributed by atoms with E-state index >= 15 is 0 Å². The van der Waals surface area contributed by atoms with Crippen LogP contribution in [0, 0.1) is 6.92 Å². The van der Waals surface area contributed by atoms with E-state index in [0.717, 1.165) is 22.8 Å². The van der Waals surface area contributed by atoms with Gasteiger partial charge in [0, 0.05) is 49.5 Å². The summed E-state index contributed by atoms with van der Waals surface area (Å²) in [6.45, 7) is 2.53. The zero-order valence-corrected chi connectivity index (χ0v) is 13.3. The van der Waals surface area contributed by atoms with Crippen molar-refractivity contribution in [3.05, 3.63) is 39.8 Å². The largest absolute Gasteiger partial charge is 0.399 e. The van der Waals surface area contributed by atoms with Crippen LogP contribution in [-0.4, -0.2) is 31.5 Å². The van der Waals surface area contributed by atoms with Crippen LogP contribution in [0.5, 0.6) is 0 Å². The molecule has 0 atom stereocenters. The van der Waals surface area contributed by atoms with Gasteiger partial charge in [-0.05, 0) is 25.1 Å². The SMILES string of the molecule is Cc1csc(CCNC(=O)c2cc(N)ccc2N(C)C)n1. The van der Waals surface area contributed by atoms with Crippen LogP contribution in [0.4, 0.5) is 11.4 Å². The van der Waals surface area contributed by atoms with Gasteiger partial charge < -0.3 is 16.0 Å². The number of hydrogen-bond donors (Lipinski definition) is 2. The molecule has 0 unspecified atom stereocenters. The summed E-state index contributed by atoms with van der Waals surface area (Å²) < 4.78 is 0. The van der Waals surface area contributed by atoms with Crippen molar-refractivity contribution in [1.29, 1.82) is 0 Å². The molecule has 6 heteroatoms. The fourth-order valence-electron chi connectivity index (χ4n) is 2.02.